The number of Topliss-reactive ketones (excluding diaryl/α,β-unsaturated/α-hetero) is 1. The molecule has 0 bridgehead atoms. The van der Waals surface area contributed by atoms with E-state index >= 15 is 0 Å². The molecular formula is C21H22ClN3O3S. The van der Waals surface area contributed by atoms with Gasteiger partial charge in [-0.05, 0) is 48.6 Å². The maximum absolute atomic E-state index is 11.5. The van der Waals surface area contributed by atoms with Gasteiger partial charge in [0.2, 0.25) is 5.28 Å². The zero-order chi connectivity index (χ0) is 20.5. The van der Waals surface area contributed by atoms with Crippen molar-refractivity contribution in [3.05, 3.63) is 28.9 Å². The molecule has 2 aromatic heterocycles. The molecule has 1 aliphatic rings. The van der Waals surface area contributed by atoms with Gasteiger partial charge in [0.25, 0.3) is 0 Å². The van der Waals surface area contributed by atoms with Gasteiger partial charge in [-0.15, -0.1) is 11.3 Å². The van der Waals surface area contributed by atoms with E-state index in [0.29, 0.717) is 23.8 Å². The molecule has 3 heterocycles. The van der Waals surface area contributed by atoms with Gasteiger partial charge >= 0.3 is 0 Å². The fourth-order valence-corrected chi connectivity index (χ4v) is 5.09. The van der Waals surface area contributed by atoms with E-state index in [1.54, 1.807) is 32.5 Å². The van der Waals surface area contributed by atoms with Crippen LogP contribution in [0.15, 0.2) is 23.6 Å². The second-order valence-electron chi connectivity index (χ2n) is 7.22. The number of nitrogens with zero attached hydrogens (tertiary/aromatic N) is 3. The summed E-state index contributed by atoms with van der Waals surface area (Å²) in [6.45, 7) is 3.33. The highest BCUT2D eigenvalue weighted by molar-refractivity contribution is 7.18. The van der Waals surface area contributed by atoms with Gasteiger partial charge < -0.3 is 19.2 Å². The number of ether oxygens (including phenoxy) is 2. The Kier molecular flexibility index (Phi) is 5.61. The van der Waals surface area contributed by atoms with Crippen molar-refractivity contribution >= 4 is 44.8 Å². The van der Waals surface area contributed by atoms with Crippen molar-refractivity contribution in [2.45, 2.75) is 19.8 Å². The lowest BCUT2D eigenvalue weighted by molar-refractivity contribution is -0.117. The lowest BCUT2D eigenvalue weighted by Gasteiger charge is -2.18. The summed E-state index contributed by atoms with van der Waals surface area (Å²) in [7, 11) is 3.24. The van der Waals surface area contributed by atoms with Gasteiger partial charge in [-0.1, -0.05) is 6.07 Å². The van der Waals surface area contributed by atoms with Gasteiger partial charge in [-0.3, -0.25) is 0 Å². The fourth-order valence-electron chi connectivity index (χ4n) is 3.90. The van der Waals surface area contributed by atoms with Gasteiger partial charge in [0.15, 0.2) is 17.3 Å². The van der Waals surface area contributed by atoms with Gasteiger partial charge in [0.05, 0.1) is 24.4 Å². The van der Waals surface area contributed by atoms with Crippen molar-refractivity contribution in [2.24, 2.45) is 5.92 Å². The molecule has 0 N–H and O–H groups in total. The number of thiophene rings is 1. The lowest BCUT2D eigenvalue weighted by Crippen LogP contribution is -2.21. The third kappa shape index (κ3) is 3.89. The van der Waals surface area contributed by atoms with Gasteiger partial charge in [0, 0.05) is 30.5 Å². The maximum atomic E-state index is 11.5. The summed E-state index contributed by atoms with van der Waals surface area (Å²) in [4.78, 5) is 22.8. The van der Waals surface area contributed by atoms with Crippen LogP contribution < -0.4 is 14.4 Å². The van der Waals surface area contributed by atoms with E-state index in [9.17, 15) is 4.79 Å². The highest BCUT2D eigenvalue weighted by Crippen LogP contribution is 2.41. The molecule has 0 unspecified atom stereocenters. The summed E-state index contributed by atoms with van der Waals surface area (Å²) in [5.74, 6) is 2.79. The second kappa shape index (κ2) is 8.16. The van der Waals surface area contributed by atoms with Crippen LogP contribution in [0.3, 0.4) is 0 Å². The predicted molar refractivity (Wildman–Crippen MR) is 117 cm³/mol. The van der Waals surface area contributed by atoms with E-state index in [-0.39, 0.29) is 11.1 Å². The highest BCUT2D eigenvalue weighted by atomic mass is 35.5. The molecule has 152 valence electrons. The minimum absolute atomic E-state index is 0.225. The molecular weight excluding hydrogens is 410 g/mol. The van der Waals surface area contributed by atoms with Crippen molar-refractivity contribution < 1.29 is 14.3 Å². The molecule has 0 aliphatic carbocycles. The highest BCUT2D eigenvalue weighted by Gasteiger charge is 2.27. The van der Waals surface area contributed by atoms with Gasteiger partial charge in [-0.2, -0.15) is 4.98 Å². The Morgan fingerprint density at radius 3 is 2.79 bits per heavy atom. The summed E-state index contributed by atoms with van der Waals surface area (Å²) in [5, 5.41) is 2.30. The molecule has 3 aromatic rings. The number of methoxy groups -OCH3 is 2. The van der Waals surface area contributed by atoms with Crippen LogP contribution in [-0.2, 0) is 4.79 Å². The largest absolute Gasteiger partial charge is 0.493 e. The summed E-state index contributed by atoms with van der Waals surface area (Å²) in [6, 6.07) is 5.81. The van der Waals surface area contributed by atoms with Crippen LogP contribution in [-0.4, -0.2) is 43.1 Å². The maximum Gasteiger partial charge on any atom is 0.224 e. The first kappa shape index (κ1) is 19.9. The average molecular weight is 432 g/mol. The summed E-state index contributed by atoms with van der Waals surface area (Å²) < 4.78 is 11.8. The summed E-state index contributed by atoms with van der Waals surface area (Å²) in [5.41, 5.74) is 2.79. The van der Waals surface area contributed by atoms with Crippen LogP contribution >= 0.6 is 22.9 Å². The Balaban J connectivity index is 1.74. The number of hydrogen-bond acceptors (Lipinski definition) is 7. The lowest BCUT2D eigenvalue weighted by atomic mass is 10.0. The third-order valence-corrected chi connectivity index (χ3v) is 6.36. The first-order valence-corrected chi connectivity index (χ1v) is 10.7. The minimum Gasteiger partial charge on any atom is -0.493 e. The van der Waals surface area contributed by atoms with Crippen molar-refractivity contribution in [3.8, 4) is 22.6 Å². The molecule has 6 nitrogen and oxygen atoms in total. The Hall–Kier alpha value is -2.38. The molecule has 0 spiro atoms. The van der Waals surface area contributed by atoms with E-state index in [0.717, 1.165) is 46.7 Å². The molecule has 0 saturated carbocycles. The zero-order valence-electron chi connectivity index (χ0n) is 16.6. The summed E-state index contributed by atoms with van der Waals surface area (Å²) in [6.07, 6.45) is 1.59. The Bertz CT molecular complexity index is 1070. The van der Waals surface area contributed by atoms with E-state index in [4.69, 9.17) is 21.1 Å². The normalized spacial score (nSPS) is 16.4. The quantitative estimate of drug-likeness (QED) is 0.520. The minimum atomic E-state index is 0.225. The van der Waals surface area contributed by atoms with Crippen LogP contribution in [0.5, 0.6) is 11.5 Å². The van der Waals surface area contributed by atoms with Crippen molar-refractivity contribution in [3.63, 3.8) is 0 Å². The SMILES string of the molecule is COc1ccc(-c2csc3c(N4CC[C@@H](CC(C)=O)C4)nc(Cl)nc23)cc1OC. The first-order valence-electron chi connectivity index (χ1n) is 9.41. The number of hydrogen-bond donors (Lipinski definition) is 0. The fraction of sp³-hybridized carbons (Fsp3) is 0.381. The number of benzene rings is 1. The van der Waals surface area contributed by atoms with E-state index in [1.807, 2.05) is 18.2 Å². The summed E-state index contributed by atoms with van der Waals surface area (Å²) >= 11 is 7.91. The molecule has 1 saturated heterocycles. The molecule has 8 heteroatoms. The predicted octanol–water partition coefficient (Wildman–Crippen LogP) is 4.83. The molecule has 0 radical (unpaired) electrons. The van der Waals surface area contributed by atoms with Crippen LogP contribution in [0.25, 0.3) is 21.3 Å². The van der Waals surface area contributed by atoms with Crippen molar-refractivity contribution in [2.75, 3.05) is 32.2 Å². The number of carbonyl (C=O) groups is 1. The number of anilines is 1. The Morgan fingerprint density at radius 2 is 2.07 bits per heavy atom. The smallest absolute Gasteiger partial charge is 0.224 e. The Labute approximate surface area is 178 Å². The zero-order valence-corrected chi connectivity index (χ0v) is 18.1. The number of fused-ring (bicyclic) bond motifs is 1. The van der Waals surface area contributed by atoms with Crippen LogP contribution in [0.1, 0.15) is 19.8 Å². The number of halogens is 1. The molecule has 0 amide bonds. The molecule has 1 aliphatic heterocycles. The molecule has 4 rings (SSSR count). The van der Waals surface area contributed by atoms with Crippen LogP contribution in [0.2, 0.25) is 5.28 Å². The van der Waals surface area contributed by atoms with E-state index in [1.165, 1.54) is 0 Å². The van der Waals surface area contributed by atoms with Crippen LogP contribution in [0, 0.1) is 5.92 Å². The first-order chi connectivity index (χ1) is 14.0. The molecule has 1 aromatic carbocycles. The van der Waals surface area contributed by atoms with Gasteiger partial charge in [0.1, 0.15) is 5.78 Å². The molecule has 1 atom stereocenters. The Morgan fingerprint density at radius 1 is 1.28 bits per heavy atom. The number of rotatable bonds is 6. The molecule has 29 heavy (non-hydrogen) atoms. The van der Waals surface area contributed by atoms with E-state index < -0.39 is 0 Å². The standard InChI is InChI=1S/C21H22ClN3O3S/c1-12(26)8-13-6-7-25(10-13)20-19-18(23-21(22)24-20)15(11-29-19)14-4-5-16(27-2)17(9-14)28-3/h4-5,9,11,13H,6-8,10H2,1-3H3/t13-/m0/s1. The monoisotopic (exact) mass is 431 g/mol. The number of carbonyl (C=O) groups excluding carboxylic acids is 1. The van der Waals surface area contributed by atoms with E-state index in [2.05, 4.69) is 20.2 Å². The number of ketones is 1. The third-order valence-electron chi connectivity index (χ3n) is 5.23. The van der Waals surface area contributed by atoms with Crippen molar-refractivity contribution in [1.82, 2.24) is 9.97 Å². The second-order valence-corrected chi connectivity index (χ2v) is 8.44. The average Bonchev–Trinajstić information content (AvgIpc) is 3.33. The van der Waals surface area contributed by atoms with Gasteiger partial charge in [-0.25, -0.2) is 4.98 Å². The van der Waals surface area contributed by atoms with Crippen molar-refractivity contribution in [1.29, 1.82) is 0 Å². The molecule has 1 fully saturated rings. The topological polar surface area (TPSA) is 64.5 Å². The number of aromatic nitrogens is 2. The van der Waals surface area contributed by atoms with Crippen LogP contribution in [0.4, 0.5) is 5.82 Å².